The summed E-state index contributed by atoms with van der Waals surface area (Å²) in [5.74, 6) is 5.73. The van der Waals surface area contributed by atoms with Crippen LogP contribution in [0.5, 0.6) is 0 Å². The molecular weight excluding hydrogens is 316 g/mol. The number of nitrogens with one attached hydrogen (secondary N) is 1. The van der Waals surface area contributed by atoms with Crippen molar-refractivity contribution in [3.63, 3.8) is 0 Å². The van der Waals surface area contributed by atoms with Crippen LogP contribution in [0, 0.1) is 6.92 Å². The second kappa shape index (κ2) is 6.65. The maximum atomic E-state index is 11.1. The van der Waals surface area contributed by atoms with Gasteiger partial charge in [-0.2, -0.15) is 0 Å². The van der Waals surface area contributed by atoms with E-state index in [2.05, 4.69) is 27.4 Å². The molecule has 0 bridgehead atoms. The summed E-state index contributed by atoms with van der Waals surface area (Å²) in [5, 5.41) is 0. The number of halogens is 1. The maximum absolute atomic E-state index is 11.1. The molecule has 1 unspecified atom stereocenters. The standard InChI is InChI=1S/C12H19BrN2O2S/c1-9-8-10(5-6-11(9)13)12(15-14)4-3-7-18(2,16)17/h5-6,8,12,15H,3-4,7,14H2,1-2H3. The molecule has 18 heavy (non-hydrogen) atoms. The number of aryl methyl sites for hydroxylation is 1. The SMILES string of the molecule is Cc1cc(C(CCCS(C)(=O)=O)NN)ccc1Br. The molecular formula is C12H19BrN2O2S. The average molecular weight is 335 g/mol. The zero-order valence-electron chi connectivity index (χ0n) is 10.6. The van der Waals surface area contributed by atoms with Crippen LogP contribution in [0.3, 0.4) is 0 Å². The lowest BCUT2D eigenvalue weighted by atomic mass is 10.0. The molecule has 0 saturated heterocycles. The van der Waals surface area contributed by atoms with Crippen molar-refractivity contribution in [3.8, 4) is 0 Å². The summed E-state index contributed by atoms with van der Waals surface area (Å²) < 4.78 is 23.2. The molecule has 0 aliphatic heterocycles. The zero-order valence-corrected chi connectivity index (χ0v) is 13.0. The molecule has 0 aromatic heterocycles. The molecule has 0 aliphatic rings. The van der Waals surface area contributed by atoms with Crippen molar-refractivity contribution in [1.82, 2.24) is 5.43 Å². The van der Waals surface area contributed by atoms with Crippen LogP contribution in [0.1, 0.15) is 30.0 Å². The molecule has 6 heteroatoms. The predicted octanol–water partition coefficient (Wildman–Crippen LogP) is 2.09. The van der Waals surface area contributed by atoms with Gasteiger partial charge in [-0.3, -0.25) is 11.3 Å². The van der Waals surface area contributed by atoms with Gasteiger partial charge in [0.15, 0.2) is 0 Å². The van der Waals surface area contributed by atoms with Crippen LogP contribution < -0.4 is 11.3 Å². The molecule has 1 atom stereocenters. The smallest absolute Gasteiger partial charge is 0.147 e. The Morgan fingerprint density at radius 3 is 2.61 bits per heavy atom. The first-order chi connectivity index (χ1) is 8.33. The number of nitrogens with two attached hydrogens (primary N) is 1. The van der Waals surface area contributed by atoms with Crippen molar-refractivity contribution >= 4 is 25.8 Å². The Hall–Kier alpha value is -0.430. The minimum atomic E-state index is -2.90. The fraction of sp³-hybridized carbons (Fsp3) is 0.500. The van der Waals surface area contributed by atoms with Crippen LogP contribution in [-0.2, 0) is 9.84 Å². The highest BCUT2D eigenvalue weighted by molar-refractivity contribution is 9.10. The van der Waals surface area contributed by atoms with Crippen LogP contribution in [0.15, 0.2) is 22.7 Å². The fourth-order valence-electron chi connectivity index (χ4n) is 1.78. The summed E-state index contributed by atoms with van der Waals surface area (Å²) in [6.45, 7) is 2.01. The van der Waals surface area contributed by atoms with E-state index < -0.39 is 9.84 Å². The minimum absolute atomic E-state index is 0.0152. The van der Waals surface area contributed by atoms with E-state index in [1.165, 1.54) is 6.26 Å². The van der Waals surface area contributed by atoms with Crippen molar-refractivity contribution in [3.05, 3.63) is 33.8 Å². The van der Waals surface area contributed by atoms with E-state index in [1.54, 1.807) is 0 Å². The van der Waals surface area contributed by atoms with Crippen molar-refractivity contribution < 1.29 is 8.42 Å². The van der Waals surface area contributed by atoms with Gasteiger partial charge in [-0.25, -0.2) is 8.42 Å². The summed E-state index contributed by atoms with van der Waals surface area (Å²) in [6.07, 6.45) is 2.55. The first-order valence-corrected chi connectivity index (χ1v) is 8.59. The monoisotopic (exact) mass is 334 g/mol. The van der Waals surface area contributed by atoms with Gasteiger partial charge in [0.2, 0.25) is 0 Å². The number of hydrogen-bond donors (Lipinski definition) is 2. The van der Waals surface area contributed by atoms with Gasteiger partial charge in [0.1, 0.15) is 9.84 Å². The molecule has 0 amide bonds. The Balaban J connectivity index is 2.68. The Bertz CT molecular complexity index is 503. The van der Waals surface area contributed by atoms with Gasteiger partial charge in [0, 0.05) is 22.5 Å². The van der Waals surface area contributed by atoms with Gasteiger partial charge in [-0.15, -0.1) is 0 Å². The first-order valence-electron chi connectivity index (χ1n) is 5.73. The molecule has 102 valence electrons. The maximum Gasteiger partial charge on any atom is 0.147 e. The Morgan fingerprint density at radius 2 is 2.11 bits per heavy atom. The summed E-state index contributed by atoms with van der Waals surface area (Å²) >= 11 is 3.45. The Kier molecular flexibility index (Phi) is 5.78. The molecule has 0 heterocycles. The van der Waals surface area contributed by atoms with Gasteiger partial charge in [0.05, 0.1) is 0 Å². The largest absolute Gasteiger partial charge is 0.271 e. The van der Waals surface area contributed by atoms with Crippen LogP contribution >= 0.6 is 15.9 Å². The summed E-state index contributed by atoms with van der Waals surface area (Å²) in [6, 6.07) is 6.00. The molecule has 3 N–H and O–H groups in total. The molecule has 1 aromatic rings. The average Bonchev–Trinajstić information content (AvgIpc) is 2.27. The topological polar surface area (TPSA) is 72.2 Å². The summed E-state index contributed by atoms with van der Waals surface area (Å²) in [7, 11) is -2.90. The quantitative estimate of drug-likeness (QED) is 0.617. The Morgan fingerprint density at radius 1 is 1.44 bits per heavy atom. The van der Waals surface area contributed by atoms with Gasteiger partial charge in [0.25, 0.3) is 0 Å². The second-order valence-corrected chi connectivity index (χ2v) is 7.61. The van der Waals surface area contributed by atoms with Crippen molar-refractivity contribution in [1.29, 1.82) is 0 Å². The van der Waals surface area contributed by atoms with Crippen LogP contribution in [0.2, 0.25) is 0 Å². The van der Waals surface area contributed by atoms with E-state index in [0.717, 1.165) is 15.6 Å². The van der Waals surface area contributed by atoms with Gasteiger partial charge in [-0.05, 0) is 37.0 Å². The third-order valence-electron chi connectivity index (χ3n) is 2.79. The molecule has 4 nitrogen and oxygen atoms in total. The number of rotatable bonds is 6. The zero-order chi connectivity index (χ0) is 13.8. The molecule has 0 radical (unpaired) electrons. The lowest BCUT2D eigenvalue weighted by Crippen LogP contribution is -2.28. The molecule has 0 aliphatic carbocycles. The molecule has 1 rings (SSSR count). The van der Waals surface area contributed by atoms with E-state index >= 15 is 0 Å². The summed E-state index contributed by atoms with van der Waals surface area (Å²) in [4.78, 5) is 0. The van der Waals surface area contributed by atoms with Crippen LogP contribution in [-0.4, -0.2) is 20.4 Å². The van der Waals surface area contributed by atoms with E-state index in [-0.39, 0.29) is 11.8 Å². The molecule has 1 aromatic carbocycles. The van der Waals surface area contributed by atoms with E-state index in [1.807, 2.05) is 19.1 Å². The predicted molar refractivity (Wildman–Crippen MR) is 77.9 cm³/mol. The lowest BCUT2D eigenvalue weighted by molar-refractivity contribution is 0.507. The van der Waals surface area contributed by atoms with Gasteiger partial charge >= 0.3 is 0 Å². The van der Waals surface area contributed by atoms with Gasteiger partial charge in [-0.1, -0.05) is 28.1 Å². The van der Waals surface area contributed by atoms with E-state index in [0.29, 0.717) is 12.8 Å². The van der Waals surface area contributed by atoms with Crippen molar-refractivity contribution in [2.45, 2.75) is 25.8 Å². The summed E-state index contributed by atoms with van der Waals surface area (Å²) in [5.41, 5.74) is 4.95. The Labute approximate surface area is 117 Å². The second-order valence-electron chi connectivity index (χ2n) is 4.50. The van der Waals surface area contributed by atoms with E-state index in [9.17, 15) is 8.42 Å². The highest BCUT2D eigenvalue weighted by Crippen LogP contribution is 2.23. The normalized spacial score (nSPS) is 13.6. The van der Waals surface area contributed by atoms with E-state index in [4.69, 9.17) is 5.84 Å². The number of benzene rings is 1. The highest BCUT2D eigenvalue weighted by Gasteiger charge is 2.12. The highest BCUT2D eigenvalue weighted by atomic mass is 79.9. The first kappa shape index (κ1) is 15.6. The van der Waals surface area contributed by atoms with Crippen molar-refractivity contribution in [2.75, 3.05) is 12.0 Å². The molecule has 0 saturated carbocycles. The lowest BCUT2D eigenvalue weighted by Gasteiger charge is -2.17. The van der Waals surface area contributed by atoms with Crippen molar-refractivity contribution in [2.24, 2.45) is 5.84 Å². The van der Waals surface area contributed by atoms with Crippen LogP contribution in [0.25, 0.3) is 0 Å². The third kappa shape index (κ3) is 5.06. The molecule has 0 spiro atoms. The minimum Gasteiger partial charge on any atom is -0.271 e. The van der Waals surface area contributed by atoms with Crippen LogP contribution in [0.4, 0.5) is 0 Å². The van der Waals surface area contributed by atoms with Gasteiger partial charge < -0.3 is 0 Å². The number of hydrazine groups is 1. The fourth-order valence-corrected chi connectivity index (χ4v) is 2.72. The number of sulfone groups is 1. The molecule has 0 fully saturated rings. The third-order valence-corrected chi connectivity index (χ3v) is 4.71. The number of hydrogen-bond acceptors (Lipinski definition) is 4.